The Hall–Kier alpha value is -0.570. The van der Waals surface area contributed by atoms with Gasteiger partial charge in [0, 0.05) is 6.04 Å². The summed E-state index contributed by atoms with van der Waals surface area (Å²) in [6, 6.07) is -0.151. The Morgan fingerprint density at radius 3 is 2.15 bits per heavy atom. The molecule has 0 radical (unpaired) electrons. The molecular weight excluding hydrogens is 166 g/mol. The molecule has 0 bridgehead atoms. The molecule has 1 rings (SSSR count). The Morgan fingerprint density at radius 2 is 1.92 bits per heavy atom. The van der Waals surface area contributed by atoms with Crippen molar-refractivity contribution in [3.05, 3.63) is 0 Å². The van der Waals surface area contributed by atoms with Gasteiger partial charge < -0.3 is 10.8 Å². The van der Waals surface area contributed by atoms with Crippen molar-refractivity contribution in [1.82, 2.24) is 0 Å². The van der Waals surface area contributed by atoms with Crippen LogP contribution in [-0.4, -0.2) is 17.1 Å². The first kappa shape index (κ1) is 10.5. The molecule has 0 saturated heterocycles. The number of carboxylic acid groups (broad SMARTS) is 1. The van der Waals surface area contributed by atoms with E-state index in [-0.39, 0.29) is 17.4 Å². The van der Waals surface area contributed by atoms with Gasteiger partial charge in [0.1, 0.15) is 0 Å². The summed E-state index contributed by atoms with van der Waals surface area (Å²) in [5.41, 5.74) is 5.97. The first-order valence-electron chi connectivity index (χ1n) is 4.80. The van der Waals surface area contributed by atoms with E-state index in [4.69, 9.17) is 10.8 Å². The molecule has 13 heavy (non-hydrogen) atoms. The van der Waals surface area contributed by atoms with Crippen molar-refractivity contribution in [3.8, 4) is 0 Å². The molecule has 3 atom stereocenters. The summed E-state index contributed by atoms with van der Waals surface area (Å²) in [6.45, 7) is 6.44. The molecule has 3 N–H and O–H groups in total. The van der Waals surface area contributed by atoms with E-state index in [9.17, 15) is 4.79 Å². The lowest BCUT2D eigenvalue weighted by atomic mass is 9.79. The van der Waals surface area contributed by atoms with E-state index in [1.165, 1.54) is 0 Å². The van der Waals surface area contributed by atoms with Crippen LogP contribution in [0.4, 0.5) is 0 Å². The Bertz CT molecular complexity index is 207. The maximum absolute atomic E-state index is 10.8. The minimum absolute atomic E-state index is 0.151. The fourth-order valence-electron chi connectivity index (χ4n) is 2.06. The van der Waals surface area contributed by atoms with Crippen molar-refractivity contribution in [2.45, 2.75) is 39.7 Å². The second-order valence-electron chi connectivity index (χ2n) is 5.14. The fraction of sp³-hybridized carbons (Fsp3) is 0.900. The van der Waals surface area contributed by atoms with Crippen molar-refractivity contribution in [2.24, 2.45) is 23.0 Å². The normalized spacial score (nSPS) is 34.9. The molecule has 0 aromatic heterocycles. The van der Waals surface area contributed by atoms with E-state index in [0.29, 0.717) is 5.92 Å². The van der Waals surface area contributed by atoms with E-state index in [2.05, 4.69) is 20.8 Å². The standard InChI is InChI=1S/C10H19NO2/c1-10(2,3)6-4-7(9(12)13)8(11)5-6/h6-8H,4-5,11H2,1-3H3,(H,12,13)/t6-,7-,8+/m0/s1. The van der Waals surface area contributed by atoms with Crippen LogP contribution >= 0.6 is 0 Å². The van der Waals surface area contributed by atoms with E-state index in [0.717, 1.165) is 12.8 Å². The van der Waals surface area contributed by atoms with Crippen LogP contribution in [-0.2, 0) is 4.79 Å². The Morgan fingerprint density at radius 1 is 1.38 bits per heavy atom. The summed E-state index contributed by atoms with van der Waals surface area (Å²) in [5.74, 6) is -0.618. The van der Waals surface area contributed by atoms with Crippen molar-refractivity contribution in [2.75, 3.05) is 0 Å². The number of carboxylic acids is 1. The maximum atomic E-state index is 10.8. The topological polar surface area (TPSA) is 63.3 Å². The molecule has 1 aliphatic rings. The van der Waals surface area contributed by atoms with E-state index >= 15 is 0 Å². The SMILES string of the molecule is CC(C)(C)[C@@H]1C[C@@H](N)[C@@H](C(=O)O)C1. The van der Waals surface area contributed by atoms with Crippen molar-refractivity contribution in [1.29, 1.82) is 0 Å². The lowest BCUT2D eigenvalue weighted by Gasteiger charge is -2.26. The van der Waals surface area contributed by atoms with E-state index in [1.54, 1.807) is 0 Å². The third-order valence-corrected chi connectivity index (χ3v) is 3.15. The summed E-state index contributed by atoms with van der Waals surface area (Å²) in [6.07, 6.45) is 1.58. The number of rotatable bonds is 1. The number of nitrogens with two attached hydrogens (primary N) is 1. The van der Waals surface area contributed by atoms with Gasteiger partial charge in [-0.2, -0.15) is 0 Å². The van der Waals surface area contributed by atoms with Gasteiger partial charge in [0.05, 0.1) is 5.92 Å². The van der Waals surface area contributed by atoms with E-state index in [1.807, 2.05) is 0 Å². The van der Waals surface area contributed by atoms with Gasteiger partial charge in [-0.05, 0) is 24.2 Å². The Kier molecular flexibility index (Phi) is 2.66. The molecular formula is C10H19NO2. The molecule has 1 aliphatic carbocycles. The van der Waals surface area contributed by atoms with Crippen molar-refractivity contribution >= 4 is 5.97 Å². The zero-order valence-electron chi connectivity index (χ0n) is 8.58. The van der Waals surface area contributed by atoms with Crippen LogP contribution in [0.5, 0.6) is 0 Å². The van der Waals surface area contributed by atoms with Crippen LogP contribution in [0.1, 0.15) is 33.6 Å². The van der Waals surface area contributed by atoms with Crippen LogP contribution in [0.25, 0.3) is 0 Å². The molecule has 0 aromatic rings. The highest BCUT2D eigenvalue weighted by Gasteiger charge is 2.41. The summed E-state index contributed by atoms with van der Waals surface area (Å²) >= 11 is 0. The lowest BCUT2D eigenvalue weighted by Crippen LogP contribution is -2.30. The summed E-state index contributed by atoms with van der Waals surface area (Å²) in [5, 5.41) is 8.89. The first-order valence-corrected chi connectivity index (χ1v) is 4.80. The smallest absolute Gasteiger partial charge is 0.308 e. The number of carbonyl (C=O) groups is 1. The second-order valence-corrected chi connectivity index (χ2v) is 5.14. The molecule has 0 aliphatic heterocycles. The third-order valence-electron chi connectivity index (χ3n) is 3.15. The molecule has 0 unspecified atom stereocenters. The van der Waals surface area contributed by atoms with Gasteiger partial charge in [-0.1, -0.05) is 20.8 Å². The van der Waals surface area contributed by atoms with Gasteiger partial charge in [0.15, 0.2) is 0 Å². The Balaban J connectivity index is 2.65. The van der Waals surface area contributed by atoms with Crippen molar-refractivity contribution < 1.29 is 9.90 Å². The molecule has 3 nitrogen and oxygen atoms in total. The highest BCUT2D eigenvalue weighted by molar-refractivity contribution is 5.71. The largest absolute Gasteiger partial charge is 0.481 e. The highest BCUT2D eigenvalue weighted by Crippen LogP contribution is 2.41. The zero-order valence-corrected chi connectivity index (χ0v) is 8.58. The maximum Gasteiger partial charge on any atom is 0.308 e. The number of aliphatic carboxylic acids is 1. The van der Waals surface area contributed by atoms with Gasteiger partial charge in [-0.3, -0.25) is 4.79 Å². The highest BCUT2D eigenvalue weighted by atomic mass is 16.4. The summed E-state index contributed by atoms with van der Waals surface area (Å²) in [7, 11) is 0. The molecule has 0 heterocycles. The van der Waals surface area contributed by atoms with Crippen LogP contribution in [0.3, 0.4) is 0 Å². The van der Waals surface area contributed by atoms with Crippen molar-refractivity contribution in [3.63, 3.8) is 0 Å². The average Bonchev–Trinajstić information content (AvgIpc) is 2.29. The zero-order chi connectivity index (χ0) is 10.2. The molecule has 0 amide bonds. The molecule has 3 heteroatoms. The molecule has 76 valence electrons. The van der Waals surface area contributed by atoms with Gasteiger partial charge in [0.2, 0.25) is 0 Å². The third kappa shape index (κ3) is 2.21. The van der Waals surface area contributed by atoms with Crippen LogP contribution in [0, 0.1) is 17.3 Å². The first-order chi connectivity index (χ1) is 5.82. The molecule has 1 saturated carbocycles. The van der Waals surface area contributed by atoms with Crippen LogP contribution in [0.15, 0.2) is 0 Å². The minimum Gasteiger partial charge on any atom is -0.481 e. The Labute approximate surface area is 79.3 Å². The molecule has 1 fully saturated rings. The number of hydrogen-bond acceptors (Lipinski definition) is 2. The van der Waals surface area contributed by atoms with Crippen LogP contribution in [0.2, 0.25) is 0 Å². The quantitative estimate of drug-likeness (QED) is 0.650. The predicted molar refractivity (Wildman–Crippen MR) is 51.3 cm³/mol. The lowest BCUT2D eigenvalue weighted by molar-refractivity contribution is -0.142. The fourth-order valence-corrected chi connectivity index (χ4v) is 2.06. The average molecular weight is 185 g/mol. The van der Waals surface area contributed by atoms with Gasteiger partial charge in [-0.25, -0.2) is 0 Å². The summed E-state index contributed by atoms with van der Waals surface area (Å²) < 4.78 is 0. The van der Waals surface area contributed by atoms with Gasteiger partial charge in [-0.15, -0.1) is 0 Å². The van der Waals surface area contributed by atoms with E-state index < -0.39 is 5.97 Å². The molecule has 0 aromatic carbocycles. The molecule has 0 spiro atoms. The monoisotopic (exact) mass is 185 g/mol. The van der Waals surface area contributed by atoms with Gasteiger partial charge >= 0.3 is 5.97 Å². The second kappa shape index (κ2) is 3.29. The minimum atomic E-state index is -0.737. The van der Waals surface area contributed by atoms with Crippen LogP contribution < -0.4 is 5.73 Å². The van der Waals surface area contributed by atoms with Gasteiger partial charge in [0.25, 0.3) is 0 Å². The predicted octanol–water partition coefficient (Wildman–Crippen LogP) is 1.47. The number of hydrogen-bond donors (Lipinski definition) is 2. The summed E-state index contributed by atoms with van der Waals surface area (Å²) in [4.78, 5) is 10.8.